The van der Waals surface area contributed by atoms with Crippen molar-refractivity contribution in [1.82, 2.24) is 4.90 Å². The van der Waals surface area contributed by atoms with Gasteiger partial charge in [-0.25, -0.2) is 4.79 Å². The van der Waals surface area contributed by atoms with Gasteiger partial charge in [0.2, 0.25) is 0 Å². The topological polar surface area (TPSA) is 81.6 Å². The maximum Gasteiger partial charge on any atom is 0.410 e. The first-order valence-electron chi connectivity index (χ1n) is 21.0. The van der Waals surface area contributed by atoms with Crippen molar-refractivity contribution in [2.24, 2.45) is 63.7 Å². The number of allylic oxidation sites excluding steroid dienone is 1. The third-order valence-electron chi connectivity index (χ3n) is 14.7. The second kappa shape index (κ2) is 20.8. The molecule has 0 aromatic rings. The smallest absolute Gasteiger partial charge is 0.410 e. The number of hydrogen-bond donors (Lipinski definition) is 2. The van der Waals surface area contributed by atoms with Crippen LogP contribution in [0.2, 0.25) is 0 Å². The minimum atomic E-state index is -0.117. The van der Waals surface area contributed by atoms with Crippen LogP contribution in [0.15, 0.2) is 11.6 Å². The fourth-order valence-electron chi connectivity index (χ4n) is 11.6. The summed E-state index contributed by atoms with van der Waals surface area (Å²) in [5.74, 6) is 5.94. The van der Waals surface area contributed by atoms with Crippen LogP contribution in [0, 0.1) is 52.3 Å². The molecule has 0 heterocycles. The van der Waals surface area contributed by atoms with E-state index in [2.05, 4.69) is 54.5 Å². The fraction of sp³-hybridized carbons (Fsp3) is 0.930. The minimum absolute atomic E-state index is 0. The Balaban J connectivity index is 0.00000433. The molecule has 4 aliphatic carbocycles. The number of rotatable bonds is 18. The lowest BCUT2D eigenvalue weighted by atomic mass is 9.47. The molecule has 2 unspecified atom stereocenters. The Hall–Kier alpha value is -0.490. The zero-order valence-electron chi connectivity index (χ0n) is 33.7. The van der Waals surface area contributed by atoms with E-state index in [0.29, 0.717) is 18.0 Å². The molecule has 0 aromatic heterocycles. The van der Waals surface area contributed by atoms with Crippen molar-refractivity contribution >= 4 is 30.9 Å². The number of unbranched alkanes of at least 4 members (excludes halogenated alkanes) is 4. The van der Waals surface area contributed by atoms with Gasteiger partial charge in [0.1, 0.15) is 6.10 Å². The maximum absolute atomic E-state index is 13.5. The van der Waals surface area contributed by atoms with Gasteiger partial charge in [0.15, 0.2) is 0 Å². The third-order valence-corrected chi connectivity index (χ3v) is 14.7. The van der Waals surface area contributed by atoms with Gasteiger partial charge in [-0.15, -0.1) is 24.8 Å². The molecule has 0 aliphatic heterocycles. The van der Waals surface area contributed by atoms with E-state index in [1.165, 1.54) is 70.6 Å². The Labute approximate surface area is 321 Å². The zero-order chi connectivity index (χ0) is 35.1. The number of halogens is 2. The number of nitrogens with zero attached hydrogens (tertiary/aromatic N) is 1. The lowest BCUT2D eigenvalue weighted by Crippen LogP contribution is -2.51. The summed E-state index contributed by atoms with van der Waals surface area (Å²) in [6, 6.07) is 0.380. The molecule has 4 rings (SSSR count). The number of hydrogen-bond acceptors (Lipinski definition) is 4. The van der Waals surface area contributed by atoms with Crippen LogP contribution < -0.4 is 11.5 Å². The monoisotopic (exact) mass is 742 g/mol. The predicted octanol–water partition coefficient (Wildman–Crippen LogP) is 11.7. The number of amides is 1. The normalized spacial score (nSPS) is 32.6. The molecule has 294 valence electrons. The molecule has 7 heteroatoms. The summed E-state index contributed by atoms with van der Waals surface area (Å²) in [6.45, 7) is 20.7. The van der Waals surface area contributed by atoms with Crippen molar-refractivity contribution in [2.45, 2.75) is 189 Å². The van der Waals surface area contributed by atoms with Crippen LogP contribution in [0.5, 0.6) is 0 Å². The van der Waals surface area contributed by atoms with Gasteiger partial charge in [-0.1, -0.05) is 91.7 Å². The van der Waals surface area contributed by atoms with Crippen molar-refractivity contribution in [1.29, 1.82) is 0 Å². The molecule has 0 aromatic carbocycles. The largest absolute Gasteiger partial charge is 0.446 e. The Bertz CT molecular complexity index is 1040. The lowest BCUT2D eigenvalue weighted by Gasteiger charge is -2.58. The second-order valence-corrected chi connectivity index (χ2v) is 18.5. The Morgan fingerprint density at radius 3 is 2.18 bits per heavy atom. The molecule has 11 atom stereocenters. The number of fused-ring (bicyclic) bond motifs is 5. The van der Waals surface area contributed by atoms with E-state index in [-0.39, 0.29) is 48.5 Å². The van der Waals surface area contributed by atoms with Gasteiger partial charge >= 0.3 is 6.09 Å². The van der Waals surface area contributed by atoms with Crippen molar-refractivity contribution in [3.63, 3.8) is 0 Å². The molecular weight excluding hydrogens is 661 g/mol. The summed E-state index contributed by atoms with van der Waals surface area (Å²) in [4.78, 5) is 15.5. The standard InChI is InChI=1S/C43H79N3O2.2ClH/c1-9-34(30(2)3)17-16-31(4)38-20-21-39-37-19-18-35-29-36(22-25-42(35,7)40(37)23-26-43(38,39)8)48-41(47)46(28-24-33(6)45)27-14-12-10-11-13-15-32(5)44;;/h18,30-34,36-40H,9-17,19-29,44-45H2,1-8H3;2*1H/t31-,32?,33?,34-,36+,37+,38-,39+,40+,42+,43-;;/m1../s1. The summed E-state index contributed by atoms with van der Waals surface area (Å²) in [5.41, 5.74) is 14.4. The van der Waals surface area contributed by atoms with E-state index in [4.69, 9.17) is 16.2 Å². The minimum Gasteiger partial charge on any atom is -0.446 e. The van der Waals surface area contributed by atoms with Gasteiger partial charge in [-0.2, -0.15) is 0 Å². The van der Waals surface area contributed by atoms with Gasteiger partial charge in [-0.05, 0) is 137 Å². The van der Waals surface area contributed by atoms with Crippen molar-refractivity contribution < 1.29 is 9.53 Å². The average molecular weight is 743 g/mol. The molecule has 3 fully saturated rings. The summed E-state index contributed by atoms with van der Waals surface area (Å²) in [7, 11) is 0. The van der Waals surface area contributed by atoms with E-state index in [0.717, 1.165) is 92.9 Å². The van der Waals surface area contributed by atoms with Crippen LogP contribution in [-0.2, 0) is 4.74 Å². The summed E-state index contributed by atoms with van der Waals surface area (Å²) in [6.07, 6.45) is 24.4. The number of carbonyl (C=O) groups excluding carboxylic acids is 1. The number of nitrogens with two attached hydrogens (primary N) is 2. The summed E-state index contributed by atoms with van der Waals surface area (Å²) in [5, 5.41) is 0. The van der Waals surface area contributed by atoms with Crippen LogP contribution >= 0.6 is 24.8 Å². The third kappa shape index (κ3) is 11.3. The van der Waals surface area contributed by atoms with Gasteiger partial charge in [0.25, 0.3) is 0 Å². The first-order valence-corrected chi connectivity index (χ1v) is 21.0. The lowest BCUT2D eigenvalue weighted by molar-refractivity contribution is -0.0595. The van der Waals surface area contributed by atoms with Crippen LogP contribution in [-0.4, -0.2) is 42.3 Å². The van der Waals surface area contributed by atoms with Crippen molar-refractivity contribution in [2.75, 3.05) is 13.1 Å². The highest BCUT2D eigenvalue weighted by molar-refractivity contribution is 5.85. The highest BCUT2D eigenvalue weighted by Gasteiger charge is 2.59. The van der Waals surface area contributed by atoms with Crippen LogP contribution in [0.3, 0.4) is 0 Å². The van der Waals surface area contributed by atoms with E-state index < -0.39 is 0 Å². The molecule has 0 bridgehead atoms. The van der Waals surface area contributed by atoms with E-state index in [9.17, 15) is 4.79 Å². The molecule has 5 nitrogen and oxygen atoms in total. The molecule has 0 spiro atoms. The molecule has 4 N–H and O–H groups in total. The fourth-order valence-corrected chi connectivity index (χ4v) is 11.6. The molecule has 3 saturated carbocycles. The summed E-state index contributed by atoms with van der Waals surface area (Å²) >= 11 is 0. The van der Waals surface area contributed by atoms with Crippen LogP contribution in [0.25, 0.3) is 0 Å². The quantitative estimate of drug-likeness (QED) is 0.108. The Morgan fingerprint density at radius 1 is 0.840 bits per heavy atom. The van der Waals surface area contributed by atoms with Crippen LogP contribution in [0.1, 0.15) is 171 Å². The highest BCUT2D eigenvalue weighted by Crippen LogP contribution is 2.67. The second-order valence-electron chi connectivity index (χ2n) is 18.5. The van der Waals surface area contributed by atoms with Gasteiger partial charge in [0, 0.05) is 31.6 Å². The predicted molar refractivity (Wildman–Crippen MR) is 218 cm³/mol. The Morgan fingerprint density at radius 2 is 1.52 bits per heavy atom. The van der Waals surface area contributed by atoms with E-state index in [1.807, 2.05) is 11.8 Å². The molecule has 50 heavy (non-hydrogen) atoms. The number of carbonyl (C=O) groups is 1. The molecule has 1 amide bonds. The van der Waals surface area contributed by atoms with Gasteiger partial charge in [0.05, 0.1) is 0 Å². The van der Waals surface area contributed by atoms with Crippen molar-refractivity contribution in [3.05, 3.63) is 11.6 Å². The van der Waals surface area contributed by atoms with E-state index >= 15 is 0 Å². The molecule has 0 radical (unpaired) electrons. The van der Waals surface area contributed by atoms with E-state index in [1.54, 1.807) is 5.57 Å². The van der Waals surface area contributed by atoms with Gasteiger partial charge in [-0.3, -0.25) is 0 Å². The van der Waals surface area contributed by atoms with Crippen LogP contribution in [0.4, 0.5) is 4.79 Å². The maximum atomic E-state index is 13.5. The molecule has 0 saturated heterocycles. The average Bonchev–Trinajstić information content (AvgIpc) is 3.39. The zero-order valence-corrected chi connectivity index (χ0v) is 35.4. The molecular formula is C43H81Cl2N3O2. The van der Waals surface area contributed by atoms with Crippen molar-refractivity contribution in [3.8, 4) is 0 Å². The number of ether oxygens (including phenoxy) is 1. The SMILES string of the molecule is CC[C@H](CC[C@@H](C)[C@H]1CC[C@H]2[C@@H]3CC=C4C[C@@H](OC(=O)N(CCCCCCCC(C)N)CCC(C)N)CC[C@]4(C)[C@H]3CC[C@]12C)C(C)C.Cl.Cl. The first kappa shape index (κ1) is 45.7. The molecule has 4 aliphatic rings. The highest BCUT2D eigenvalue weighted by atomic mass is 35.5. The van der Waals surface area contributed by atoms with Gasteiger partial charge < -0.3 is 21.1 Å². The summed E-state index contributed by atoms with van der Waals surface area (Å²) < 4.78 is 6.32. The first-order chi connectivity index (χ1) is 22.8. The Kier molecular flexibility index (Phi) is 19.0.